The fourth-order valence-corrected chi connectivity index (χ4v) is 1.82. The van der Waals surface area contributed by atoms with Gasteiger partial charge < -0.3 is 4.98 Å². The van der Waals surface area contributed by atoms with Crippen molar-refractivity contribution in [1.29, 1.82) is 0 Å². The second-order valence-electron chi connectivity index (χ2n) is 3.78. The maximum Gasteiger partial charge on any atom is 0.254 e. The van der Waals surface area contributed by atoms with Crippen molar-refractivity contribution in [2.24, 2.45) is 0 Å². The van der Waals surface area contributed by atoms with Crippen LogP contribution in [0.15, 0.2) is 29.1 Å². The van der Waals surface area contributed by atoms with Gasteiger partial charge in [-0.15, -0.1) is 0 Å². The number of rotatable bonds is 2. The fourth-order valence-electron chi connectivity index (χ4n) is 1.60. The lowest BCUT2D eigenvalue weighted by molar-refractivity contribution is 0.612. The van der Waals surface area contributed by atoms with Gasteiger partial charge in [0.1, 0.15) is 5.82 Å². The molecule has 0 bridgehead atoms. The summed E-state index contributed by atoms with van der Waals surface area (Å²) in [5, 5.41) is 0. The number of benzene rings is 1. The predicted molar refractivity (Wildman–Crippen MR) is 66.2 cm³/mol. The molecule has 88 valence electrons. The van der Waals surface area contributed by atoms with E-state index >= 15 is 0 Å². The predicted octanol–water partition coefficient (Wildman–Crippen LogP) is 2.47. The summed E-state index contributed by atoms with van der Waals surface area (Å²) in [5.74, 6) is -0.286. The third-order valence-electron chi connectivity index (χ3n) is 2.61. The molecule has 0 radical (unpaired) electrons. The van der Waals surface area contributed by atoms with E-state index in [0.29, 0.717) is 23.2 Å². The zero-order valence-electron chi connectivity index (χ0n) is 9.21. The van der Waals surface area contributed by atoms with Crippen LogP contribution in [0.3, 0.4) is 0 Å². The minimum atomic E-state index is -0.286. The van der Waals surface area contributed by atoms with Gasteiger partial charge in [0.15, 0.2) is 4.77 Å². The average Bonchev–Trinajstić information content (AvgIpc) is 2.28. The molecule has 2 aromatic rings. The highest BCUT2D eigenvalue weighted by atomic mass is 32.1. The van der Waals surface area contributed by atoms with Crippen LogP contribution in [0.1, 0.15) is 16.8 Å². The van der Waals surface area contributed by atoms with Crippen molar-refractivity contribution in [1.82, 2.24) is 9.97 Å². The summed E-state index contributed by atoms with van der Waals surface area (Å²) in [4.78, 5) is 16.9. The minimum Gasteiger partial charge on any atom is -0.335 e. The molecule has 0 spiro atoms. The normalized spacial score (nSPS) is 10.5. The van der Waals surface area contributed by atoms with Crippen molar-refractivity contribution >= 4 is 12.2 Å². The summed E-state index contributed by atoms with van der Waals surface area (Å²) in [7, 11) is 0. The van der Waals surface area contributed by atoms with Gasteiger partial charge >= 0.3 is 0 Å². The van der Waals surface area contributed by atoms with Crippen LogP contribution in [0, 0.1) is 17.5 Å². The van der Waals surface area contributed by atoms with Gasteiger partial charge in [0.2, 0.25) is 0 Å². The first-order valence-corrected chi connectivity index (χ1v) is 5.54. The van der Waals surface area contributed by atoms with Crippen LogP contribution >= 0.6 is 12.2 Å². The number of aromatic amines is 2. The molecular weight excluding hydrogens is 239 g/mol. The lowest BCUT2D eigenvalue weighted by atomic mass is 10.1. The molecular formula is C12H11FN2OS. The maximum atomic E-state index is 13.5. The van der Waals surface area contributed by atoms with E-state index in [0.717, 1.165) is 0 Å². The van der Waals surface area contributed by atoms with Crippen LogP contribution < -0.4 is 5.56 Å². The molecule has 17 heavy (non-hydrogen) atoms. The SMILES string of the molecule is Cc1c(Cc2ccccc2F)[nH]c(=S)[nH]c1=O. The molecule has 0 aliphatic heterocycles. The van der Waals surface area contributed by atoms with E-state index in [-0.39, 0.29) is 16.1 Å². The molecule has 0 atom stereocenters. The van der Waals surface area contributed by atoms with Crippen LogP contribution in [0.4, 0.5) is 4.39 Å². The number of aromatic nitrogens is 2. The van der Waals surface area contributed by atoms with Crippen molar-refractivity contribution in [2.45, 2.75) is 13.3 Å². The van der Waals surface area contributed by atoms with E-state index in [1.54, 1.807) is 25.1 Å². The zero-order valence-corrected chi connectivity index (χ0v) is 10.0. The van der Waals surface area contributed by atoms with E-state index < -0.39 is 0 Å². The number of hydrogen-bond acceptors (Lipinski definition) is 2. The van der Waals surface area contributed by atoms with Gasteiger partial charge in [-0.1, -0.05) is 18.2 Å². The van der Waals surface area contributed by atoms with Crippen LogP contribution in [0.25, 0.3) is 0 Å². The third kappa shape index (κ3) is 2.50. The first-order valence-electron chi connectivity index (χ1n) is 5.13. The molecule has 0 amide bonds. The number of nitrogens with one attached hydrogen (secondary N) is 2. The highest BCUT2D eigenvalue weighted by Gasteiger charge is 2.07. The van der Waals surface area contributed by atoms with Crippen molar-refractivity contribution in [3.63, 3.8) is 0 Å². The third-order valence-corrected chi connectivity index (χ3v) is 2.81. The molecule has 1 aromatic carbocycles. The Morgan fingerprint density at radius 2 is 2.00 bits per heavy atom. The van der Waals surface area contributed by atoms with Gasteiger partial charge in [-0.25, -0.2) is 4.39 Å². The standard InChI is InChI=1S/C12H11FN2OS/c1-7-10(14-12(17)15-11(7)16)6-8-4-2-3-5-9(8)13/h2-5H,6H2,1H3,(H2,14,15,16,17). The summed E-state index contributed by atoms with van der Waals surface area (Å²) < 4.78 is 13.7. The Morgan fingerprint density at radius 3 is 2.71 bits per heavy atom. The summed E-state index contributed by atoms with van der Waals surface area (Å²) >= 11 is 4.89. The molecule has 2 N–H and O–H groups in total. The zero-order chi connectivity index (χ0) is 12.4. The Bertz CT molecular complexity index is 660. The van der Waals surface area contributed by atoms with Crippen molar-refractivity contribution in [3.05, 3.63) is 62.0 Å². The maximum absolute atomic E-state index is 13.5. The summed E-state index contributed by atoms with van der Waals surface area (Å²) in [5.41, 5.74) is 1.47. The molecule has 5 heteroatoms. The summed E-state index contributed by atoms with van der Waals surface area (Å²) in [6, 6.07) is 6.47. The molecule has 2 rings (SSSR count). The van der Waals surface area contributed by atoms with Gasteiger partial charge in [0.05, 0.1) is 0 Å². The average molecular weight is 250 g/mol. The molecule has 1 heterocycles. The molecule has 1 aromatic heterocycles. The lowest BCUT2D eigenvalue weighted by Gasteiger charge is -2.06. The van der Waals surface area contributed by atoms with Crippen molar-refractivity contribution in [2.75, 3.05) is 0 Å². The Morgan fingerprint density at radius 1 is 1.29 bits per heavy atom. The molecule has 0 aliphatic carbocycles. The van der Waals surface area contributed by atoms with E-state index in [1.807, 2.05) is 0 Å². The highest BCUT2D eigenvalue weighted by Crippen LogP contribution is 2.12. The van der Waals surface area contributed by atoms with Gasteiger partial charge in [0, 0.05) is 17.7 Å². The first-order chi connectivity index (χ1) is 8.08. The Labute approximate surface area is 102 Å². The van der Waals surface area contributed by atoms with Gasteiger partial charge in [-0.05, 0) is 30.8 Å². The molecule has 0 fully saturated rings. The first kappa shape index (κ1) is 11.7. The Balaban J connectivity index is 2.47. The minimum absolute atomic E-state index is 0.236. The topological polar surface area (TPSA) is 48.6 Å². The lowest BCUT2D eigenvalue weighted by Crippen LogP contribution is -2.15. The van der Waals surface area contributed by atoms with E-state index in [4.69, 9.17) is 12.2 Å². The van der Waals surface area contributed by atoms with Gasteiger partial charge in [-0.2, -0.15) is 0 Å². The second kappa shape index (κ2) is 4.63. The fraction of sp³-hybridized carbons (Fsp3) is 0.167. The molecule has 0 saturated carbocycles. The van der Waals surface area contributed by atoms with Crippen LogP contribution in [-0.4, -0.2) is 9.97 Å². The van der Waals surface area contributed by atoms with Crippen molar-refractivity contribution < 1.29 is 4.39 Å². The van der Waals surface area contributed by atoms with Gasteiger partial charge in [0.25, 0.3) is 5.56 Å². The van der Waals surface area contributed by atoms with Gasteiger partial charge in [-0.3, -0.25) is 9.78 Å². The van der Waals surface area contributed by atoms with Crippen LogP contribution in [-0.2, 0) is 6.42 Å². The molecule has 0 saturated heterocycles. The van der Waals surface area contributed by atoms with E-state index in [1.165, 1.54) is 6.07 Å². The smallest absolute Gasteiger partial charge is 0.254 e. The molecule has 0 unspecified atom stereocenters. The van der Waals surface area contributed by atoms with E-state index in [2.05, 4.69) is 9.97 Å². The Hall–Kier alpha value is -1.75. The largest absolute Gasteiger partial charge is 0.335 e. The summed E-state index contributed by atoms with van der Waals surface area (Å²) in [6.45, 7) is 1.68. The monoisotopic (exact) mass is 250 g/mol. The molecule has 0 aliphatic rings. The van der Waals surface area contributed by atoms with Crippen LogP contribution in [0.5, 0.6) is 0 Å². The second-order valence-corrected chi connectivity index (χ2v) is 4.19. The van der Waals surface area contributed by atoms with Crippen molar-refractivity contribution in [3.8, 4) is 0 Å². The molecule has 3 nitrogen and oxygen atoms in total. The number of halogens is 1. The summed E-state index contributed by atoms with van der Waals surface area (Å²) in [6.07, 6.45) is 0.325. The Kier molecular flexibility index (Phi) is 3.19. The quantitative estimate of drug-likeness (QED) is 0.804. The number of hydrogen-bond donors (Lipinski definition) is 2. The highest BCUT2D eigenvalue weighted by molar-refractivity contribution is 7.71. The van der Waals surface area contributed by atoms with E-state index in [9.17, 15) is 9.18 Å². The van der Waals surface area contributed by atoms with Crippen LogP contribution in [0.2, 0.25) is 0 Å². The number of H-pyrrole nitrogens is 2.